The first-order valence-electron chi connectivity index (χ1n) is 5.85. The quantitative estimate of drug-likeness (QED) is 0.449. The van der Waals surface area contributed by atoms with E-state index in [1.165, 1.54) is 30.1 Å². The molecule has 2 rings (SSSR count). The van der Waals surface area contributed by atoms with E-state index in [1.807, 2.05) is 6.07 Å². The summed E-state index contributed by atoms with van der Waals surface area (Å²) in [6, 6.07) is 7.87. The molecule has 1 heterocycles. The number of halogens is 2. The minimum Gasteiger partial charge on any atom is -0.383 e. The number of hydrogen-bond donors (Lipinski definition) is 3. The van der Waals surface area contributed by atoms with Gasteiger partial charge in [-0.15, -0.1) is 11.8 Å². The predicted octanol–water partition coefficient (Wildman–Crippen LogP) is 2.75. The smallest absolute Gasteiger partial charge is 0.128 e. The van der Waals surface area contributed by atoms with Gasteiger partial charge in [-0.2, -0.15) is 0 Å². The summed E-state index contributed by atoms with van der Waals surface area (Å²) in [5.41, 5.74) is 9.23. The molecule has 4 nitrogen and oxygen atoms in total. The molecule has 2 aromatic rings. The zero-order valence-electron chi connectivity index (χ0n) is 10.5. The second-order valence-electron chi connectivity index (χ2n) is 4.12. The highest BCUT2D eigenvalue weighted by atomic mass is 35.5. The number of hydrazine groups is 1. The molecule has 0 aliphatic heterocycles. The Morgan fingerprint density at radius 2 is 2.20 bits per heavy atom. The number of benzene rings is 1. The number of rotatable bonds is 5. The summed E-state index contributed by atoms with van der Waals surface area (Å²) < 4.78 is 13.1. The van der Waals surface area contributed by atoms with Crippen LogP contribution in [0.4, 0.5) is 10.2 Å². The van der Waals surface area contributed by atoms with Gasteiger partial charge in [0.1, 0.15) is 11.6 Å². The Morgan fingerprint density at radius 3 is 2.90 bits per heavy atom. The lowest BCUT2D eigenvalue weighted by Gasteiger charge is -2.17. The number of nitrogens with zero attached hydrogens (tertiary/aromatic N) is 1. The van der Waals surface area contributed by atoms with Gasteiger partial charge < -0.3 is 5.73 Å². The fraction of sp³-hybridized carbons (Fsp3) is 0.154. The minimum absolute atomic E-state index is 0.227. The Morgan fingerprint density at radius 1 is 1.40 bits per heavy atom. The molecule has 0 aliphatic carbocycles. The third-order valence-electron chi connectivity index (χ3n) is 2.71. The summed E-state index contributed by atoms with van der Waals surface area (Å²) >= 11 is 7.38. The molecule has 1 unspecified atom stereocenters. The first-order valence-corrected chi connectivity index (χ1v) is 7.22. The van der Waals surface area contributed by atoms with Crippen molar-refractivity contribution < 1.29 is 4.39 Å². The van der Waals surface area contributed by atoms with E-state index in [4.69, 9.17) is 23.2 Å². The maximum atomic E-state index is 13.1. The molecular weight excluding hydrogens is 299 g/mol. The molecule has 0 saturated carbocycles. The van der Waals surface area contributed by atoms with Gasteiger partial charge in [0, 0.05) is 22.4 Å². The third-order valence-corrected chi connectivity index (χ3v) is 4.00. The lowest BCUT2D eigenvalue weighted by atomic mass is 10.1. The van der Waals surface area contributed by atoms with Crippen LogP contribution in [0.3, 0.4) is 0 Å². The summed E-state index contributed by atoms with van der Waals surface area (Å²) in [6.07, 6.45) is 1.48. The molecule has 106 valence electrons. The van der Waals surface area contributed by atoms with Gasteiger partial charge in [0.25, 0.3) is 0 Å². The molecule has 1 atom stereocenters. The Balaban J connectivity index is 2.11. The van der Waals surface area contributed by atoms with Gasteiger partial charge in [-0.1, -0.05) is 17.7 Å². The lowest BCUT2D eigenvalue weighted by Crippen LogP contribution is -2.30. The second kappa shape index (κ2) is 6.90. The molecule has 0 amide bonds. The monoisotopic (exact) mass is 312 g/mol. The zero-order chi connectivity index (χ0) is 14.5. The van der Waals surface area contributed by atoms with Crippen molar-refractivity contribution in [1.82, 2.24) is 10.4 Å². The van der Waals surface area contributed by atoms with Gasteiger partial charge in [0.15, 0.2) is 0 Å². The van der Waals surface area contributed by atoms with Crippen LogP contribution in [0.1, 0.15) is 11.6 Å². The summed E-state index contributed by atoms with van der Waals surface area (Å²) in [4.78, 5) is 4.82. The highest BCUT2D eigenvalue weighted by Gasteiger charge is 2.15. The van der Waals surface area contributed by atoms with Crippen molar-refractivity contribution in [1.29, 1.82) is 0 Å². The Hall–Kier alpha value is -1.34. The number of nitrogen functional groups attached to an aromatic ring is 1. The van der Waals surface area contributed by atoms with Crippen LogP contribution >= 0.6 is 23.4 Å². The standard InChI is InChI=1S/C13H14ClFN4S/c14-8-4-11(13(16)18-6-8)12(19-17)7-20-10-3-1-2-9(15)5-10/h1-6,12,19H,7,17H2,(H2,16,18). The first kappa shape index (κ1) is 15.1. The van der Waals surface area contributed by atoms with Gasteiger partial charge in [0.05, 0.1) is 11.1 Å². The zero-order valence-corrected chi connectivity index (χ0v) is 12.1. The van der Waals surface area contributed by atoms with E-state index in [-0.39, 0.29) is 11.9 Å². The average molecular weight is 313 g/mol. The van der Waals surface area contributed by atoms with Crippen molar-refractivity contribution in [2.75, 3.05) is 11.5 Å². The van der Waals surface area contributed by atoms with Gasteiger partial charge in [-0.25, -0.2) is 9.37 Å². The third kappa shape index (κ3) is 3.83. The van der Waals surface area contributed by atoms with E-state index in [1.54, 1.807) is 12.1 Å². The maximum absolute atomic E-state index is 13.1. The van der Waals surface area contributed by atoms with Crippen molar-refractivity contribution in [3.63, 3.8) is 0 Å². The summed E-state index contributed by atoms with van der Waals surface area (Å²) in [5, 5.41) is 0.491. The Labute approximate surface area is 125 Å². The normalized spacial score (nSPS) is 12.3. The van der Waals surface area contributed by atoms with E-state index in [0.717, 1.165) is 10.5 Å². The molecule has 0 radical (unpaired) electrons. The number of anilines is 1. The van der Waals surface area contributed by atoms with Gasteiger partial charge >= 0.3 is 0 Å². The number of aromatic nitrogens is 1. The van der Waals surface area contributed by atoms with Crippen LogP contribution in [0, 0.1) is 5.82 Å². The lowest BCUT2D eigenvalue weighted by molar-refractivity contribution is 0.610. The van der Waals surface area contributed by atoms with Gasteiger partial charge in [0.2, 0.25) is 0 Å². The molecule has 5 N–H and O–H groups in total. The van der Waals surface area contributed by atoms with Crippen molar-refractivity contribution in [3.8, 4) is 0 Å². The first-order chi connectivity index (χ1) is 9.60. The van der Waals surface area contributed by atoms with Crippen molar-refractivity contribution in [3.05, 3.63) is 52.9 Å². The van der Waals surface area contributed by atoms with Crippen LogP contribution in [0.15, 0.2) is 41.4 Å². The van der Waals surface area contributed by atoms with E-state index in [2.05, 4.69) is 10.4 Å². The molecule has 1 aromatic heterocycles. The molecular formula is C13H14ClFN4S. The molecule has 0 fully saturated rings. The van der Waals surface area contributed by atoms with Crippen molar-refractivity contribution in [2.24, 2.45) is 5.84 Å². The molecule has 20 heavy (non-hydrogen) atoms. The second-order valence-corrected chi connectivity index (χ2v) is 5.65. The summed E-state index contributed by atoms with van der Waals surface area (Å²) in [7, 11) is 0. The van der Waals surface area contributed by atoms with Crippen LogP contribution in [0.2, 0.25) is 5.02 Å². The largest absolute Gasteiger partial charge is 0.383 e. The van der Waals surface area contributed by atoms with Crippen LogP contribution in [0.25, 0.3) is 0 Å². The molecule has 1 aromatic carbocycles. The summed E-state index contributed by atoms with van der Waals surface area (Å²) in [6.45, 7) is 0. The fourth-order valence-corrected chi connectivity index (χ4v) is 2.88. The Bertz CT molecular complexity index is 596. The van der Waals surface area contributed by atoms with E-state index < -0.39 is 0 Å². The van der Waals surface area contributed by atoms with Crippen molar-refractivity contribution >= 4 is 29.2 Å². The molecule has 0 saturated heterocycles. The number of hydrogen-bond acceptors (Lipinski definition) is 5. The summed E-state index contributed by atoms with van der Waals surface area (Å²) in [5.74, 6) is 6.23. The molecule has 7 heteroatoms. The van der Waals surface area contributed by atoms with Crippen LogP contribution in [-0.4, -0.2) is 10.7 Å². The highest BCUT2D eigenvalue weighted by molar-refractivity contribution is 7.99. The molecule has 0 spiro atoms. The average Bonchev–Trinajstić information content (AvgIpc) is 2.43. The van der Waals surface area contributed by atoms with E-state index in [0.29, 0.717) is 16.6 Å². The minimum atomic E-state index is -0.267. The van der Waals surface area contributed by atoms with Crippen molar-refractivity contribution in [2.45, 2.75) is 10.9 Å². The molecule has 0 bridgehead atoms. The predicted molar refractivity (Wildman–Crippen MR) is 80.8 cm³/mol. The van der Waals surface area contributed by atoms with Gasteiger partial charge in [-0.05, 0) is 24.3 Å². The highest BCUT2D eigenvalue weighted by Crippen LogP contribution is 2.28. The fourth-order valence-electron chi connectivity index (χ4n) is 1.71. The number of thioether (sulfide) groups is 1. The maximum Gasteiger partial charge on any atom is 0.128 e. The number of pyridine rings is 1. The molecule has 0 aliphatic rings. The number of nitrogens with one attached hydrogen (secondary N) is 1. The SMILES string of the molecule is NNC(CSc1cccc(F)c1)c1cc(Cl)cnc1N. The number of nitrogens with two attached hydrogens (primary N) is 2. The van der Waals surface area contributed by atoms with Gasteiger partial charge in [-0.3, -0.25) is 11.3 Å². The Kier molecular flexibility index (Phi) is 5.19. The van der Waals surface area contributed by atoms with E-state index in [9.17, 15) is 4.39 Å². The van der Waals surface area contributed by atoms with Crippen LogP contribution < -0.4 is 17.0 Å². The van der Waals surface area contributed by atoms with Crippen LogP contribution in [0.5, 0.6) is 0 Å². The topological polar surface area (TPSA) is 77.0 Å². The van der Waals surface area contributed by atoms with Crippen LogP contribution in [-0.2, 0) is 0 Å². The van der Waals surface area contributed by atoms with E-state index >= 15 is 0 Å².